The van der Waals surface area contributed by atoms with Gasteiger partial charge in [0.1, 0.15) is 12.2 Å². The number of nitrogens with one attached hydrogen (secondary N) is 1. The van der Waals surface area contributed by atoms with E-state index in [4.69, 9.17) is 9.47 Å². The third-order valence-corrected chi connectivity index (χ3v) is 10.1. The third-order valence-electron chi connectivity index (χ3n) is 7.85. The summed E-state index contributed by atoms with van der Waals surface area (Å²) >= 11 is 6.86. The molecule has 1 heterocycles. The van der Waals surface area contributed by atoms with Crippen LogP contribution in [0.2, 0.25) is 0 Å². The standard InChI is InChI=1S/C42H37BrIN3O5S/c1-4-7-18-33(5-2)47-41(50)34(23-29-24-35(43)39(36(25-29)51-6-3)52-26-28-19-21-32(44)22-20-28)40(49)46-42(47)53-27-37(48)45-38(30-14-10-8-11-15-30)31-16-12-9-13-17-31/h4-5,7-25,38H,1,6,26-27H2,2-3H3,(H,45,48)/b18-7-,33-5+,34-23+. The van der Waals surface area contributed by atoms with Gasteiger partial charge in [-0.15, -0.1) is 0 Å². The van der Waals surface area contributed by atoms with Crippen LogP contribution in [0.4, 0.5) is 0 Å². The van der Waals surface area contributed by atoms with Gasteiger partial charge in [0.15, 0.2) is 16.7 Å². The van der Waals surface area contributed by atoms with Gasteiger partial charge in [-0.2, -0.15) is 4.99 Å². The summed E-state index contributed by atoms with van der Waals surface area (Å²) in [6.07, 6.45) is 8.17. The quantitative estimate of drug-likeness (QED) is 0.0587. The molecule has 11 heteroatoms. The topological polar surface area (TPSA) is 97.3 Å². The number of halogens is 2. The zero-order valence-electron chi connectivity index (χ0n) is 29.1. The van der Waals surface area contributed by atoms with Crippen molar-refractivity contribution in [2.75, 3.05) is 12.4 Å². The van der Waals surface area contributed by atoms with Gasteiger partial charge in [-0.05, 0) is 111 Å². The average molecular weight is 903 g/mol. The molecule has 0 bridgehead atoms. The highest BCUT2D eigenvalue weighted by molar-refractivity contribution is 14.1. The smallest absolute Gasteiger partial charge is 0.285 e. The minimum Gasteiger partial charge on any atom is -0.490 e. The van der Waals surface area contributed by atoms with Crippen molar-refractivity contribution in [1.82, 2.24) is 10.2 Å². The minimum atomic E-state index is -0.725. The lowest BCUT2D eigenvalue weighted by molar-refractivity contribution is -0.126. The van der Waals surface area contributed by atoms with Crippen molar-refractivity contribution in [2.45, 2.75) is 26.5 Å². The van der Waals surface area contributed by atoms with Gasteiger partial charge < -0.3 is 14.8 Å². The summed E-state index contributed by atoms with van der Waals surface area (Å²) in [5.41, 5.74) is 3.67. The number of carbonyl (C=O) groups is 3. The van der Waals surface area contributed by atoms with Crippen LogP contribution in [-0.2, 0) is 21.0 Å². The molecule has 3 amide bonds. The Morgan fingerprint density at radius 3 is 2.26 bits per heavy atom. The van der Waals surface area contributed by atoms with Crippen molar-refractivity contribution in [1.29, 1.82) is 0 Å². The summed E-state index contributed by atoms with van der Waals surface area (Å²) in [7, 11) is 0. The van der Waals surface area contributed by atoms with Crippen molar-refractivity contribution in [3.05, 3.63) is 170 Å². The maximum absolute atomic E-state index is 14.2. The van der Waals surface area contributed by atoms with Gasteiger partial charge in [0, 0.05) is 9.27 Å². The van der Waals surface area contributed by atoms with E-state index in [-0.39, 0.29) is 22.4 Å². The first-order chi connectivity index (χ1) is 25.7. The van der Waals surface area contributed by atoms with Crippen LogP contribution in [-0.4, -0.2) is 40.1 Å². The molecular formula is C42H37BrIN3O5S. The number of nitrogens with zero attached hydrogens (tertiary/aromatic N) is 2. The van der Waals surface area contributed by atoms with Crippen LogP contribution in [0.1, 0.15) is 42.1 Å². The van der Waals surface area contributed by atoms with Gasteiger partial charge in [0.25, 0.3) is 11.8 Å². The maximum atomic E-state index is 14.2. The van der Waals surface area contributed by atoms with Gasteiger partial charge >= 0.3 is 0 Å². The Labute approximate surface area is 336 Å². The summed E-state index contributed by atoms with van der Waals surface area (Å²) in [6.45, 7) is 8.07. The van der Waals surface area contributed by atoms with Crippen molar-refractivity contribution < 1.29 is 23.9 Å². The Bertz CT molecular complexity index is 2040. The van der Waals surface area contributed by atoms with Crippen LogP contribution < -0.4 is 14.8 Å². The number of amidine groups is 1. The molecular weight excluding hydrogens is 865 g/mol. The summed E-state index contributed by atoms with van der Waals surface area (Å²) in [4.78, 5) is 46.9. The van der Waals surface area contributed by atoms with Gasteiger partial charge in [0.2, 0.25) is 5.91 Å². The number of hydrogen-bond acceptors (Lipinski definition) is 6. The van der Waals surface area contributed by atoms with E-state index in [1.807, 2.05) is 91.9 Å². The SMILES string of the molecule is C=C/C=C\C(=C/C)N1C(=O)/C(=C/c2cc(Br)c(OCc3ccc(I)cc3)c(OCC)c2)C(=O)N=C1SCC(=O)NC(c1ccccc1)c1ccccc1. The molecule has 4 aromatic rings. The van der Waals surface area contributed by atoms with Crippen molar-refractivity contribution in [3.8, 4) is 11.5 Å². The summed E-state index contributed by atoms with van der Waals surface area (Å²) in [5.74, 6) is -0.756. The number of ether oxygens (including phenoxy) is 2. The first-order valence-corrected chi connectivity index (χ1v) is 19.6. The fraction of sp³-hybridized carbons (Fsp3) is 0.143. The van der Waals surface area contributed by atoms with Crippen LogP contribution in [0.3, 0.4) is 0 Å². The molecule has 0 unspecified atom stereocenters. The molecule has 4 aromatic carbocycles. The number of benzene rings is 4. The first kappa shape index (κ1) is 39.5. The molecule has 1 N–H and O–H groups in total. The molecule has 0 saturated carbocycles. The number of hydrogen-bond donors (Lipinski definition) is 1. The van der Waals surface area contributed by atoms with Crippen molar-refractivity contribution in [2.24, 2.45) is 4.99 Å². The van der Waals surface area contributed by atoms with Crippen LogP contribution >= 0.6 is 50.3 Å². The number of carbonyl (C=O) groups excluding carboxylic acids is 3. The minimum absolute atomic E-state index is 0.0839. The van der Waals surface area contributed by atoms with Crippen molar-refractivity contribution in [3.63, 3.8) is 0 Å². The molecule has 0 aromatic heterocycles. The number of thioether (sulfide) groups is 1. The van der Waals surface area contributed by atoms with E-state index in [1.54, 1.807) is 43.4 Å². The third kappa shape index (κ3) is 10.5. The molecule has 0 spiro atoms. The molecule has 270 valence electrons. The molecule has 0 fully saturated rings. The normalized spacial score (nSPS) is 14.1. The molecule has 8 nitrogen and oxygen atoms in total. The van der Waals surface area contributed by atoms with E-state index in [0.717, 1.165) is 32.0 Å². The molecule has 0 aliphatic carbocycles. The maximum Gasteiger partial charge on any atom is 0.285 e. The lowest BCUT2D eigenvalue weighted by Crippen LogP contribution is -2.42. The van der Waals surface area contributed by atoms with Crippen LogP contribution in [0.25, 0.3) is 6.08 Å². The predicted molar refractivity (Wildman–Crippen MR) is 224 cm³/mol. The van der Waals surface area contributed by atoms with E-state index in [2.05, 4.69) is 55.4 Å². The second kappa shape index (κ2) is 19.4. The van der Waals surface area contributed by atoms with Crippen LogP contribution in [0.5, 0.6) is 11.5 Å². The number of allylic oxidation sites excluding steroid dienone is 4. The zero-order chi connectivity index (χ0) is 37.7. The lowest BCUT2D eigenvalue weighted by Gasteiger charge is -2.28. The Morgan fingerprint density at radius 1 is 1.00 bits per heavy atom. The van der Waals surface area contributed by atoms with Gasteiger partial charge in [0.05, 0.1) is 22.9 Å². The number of rotatable bonds is 14. The number of aliphatic imine (C=N–C) groups is 1. The molecule has 53 heavy (non-hydrogen) atoms. The molecule has 0 saturated heterocycles. The van der Waals surface area contributed by atoms with Gasteiger partial charge in [-0.1, -0.05) is 109 Å². The largest absolute Gasteiger partial charge is 0.490 e. The summed E-state index contributed by atoms with van der Waals surface area (Å²) in [6, 6.07) is 30.4. The molecule has 0 atom stereocenters. The Balaban J connectivity index is 1.42. The van der Waals surface area contributed by atoms with E-state index in [9.17, 15) is 14.4 Å². The predicted octanol–water partition coefficient (Wildman–Crippen LogP) is 9.42. The Morgan fingerprint density at radius 2 is 1.66 bits per heavy atom. The highest BCUT2D eigenvalue weighted by Crippen LogP contribution is 2.39. The van der Waals surface area contributed by atoms with Gasteiger partial charge in [-0.25, -0.2) is 0 Å². The highest BCUT2D eigenvalue weighted by Gasteiger charge is 2.35. The monoisotopic (exact) mass is 901 g/mol. The Kier molecular flexibility index (Phi) is 14.4. The number of amides is 3. The molecule has 0 radical (unpaired) electrons. The highest BCUT2D eigenvalue weighted by atomic mass is 127. The van der Waals surface area contributed by atoms with E-state index >= 15 is 0 Å². The fourth-order valence-corrected chi connectivity index (χ4v) is 7.11. The molecule has 1 aliphatic heterocycles. The fourth-order valence-electron chi connectivity index (χ4n) is 5.37. The van der Waals surface area contributed by atoms with Crippen molar-refractivity contribution >= 4 is 79.2 Å². The van der Waals surface area contributed by atoms with Crippen LogP contribution in [0, 0.1) is 3.57 Å². The second-order valence-electron chi connectivity index (χ2n) is 11.5. The summed E-state index contributed by atoms with van der Waals surface area (Å²) in [5, 5.41) is 3.19. The summed E-state index contributed by atoms with van der Waals surface area (Å²) < 4.78 is 13.8. The Hall–Kier alpha value is -4.72. The average Bonchev–Trinajstić information content (AvgIpc) is 3.16. The van der Waals surface area contributed by atoms with Crippen LogP contribution in [0.15, 0.2) is 149 Å². The van der Waals surface area contributed by atoms with Gasteiger partial charge in [-0.3, -0.25) is 19.3 Å². The van der Waals surface area contributed by atoms with E-state index in [0.29, 0.717) is 40.4 Å². The molecule has 1 aliphatic rings. The van der Waals surface area contributed by atoms with E-state index in [1.165, 1.54) is 11.0 Å². The van der Waals surface area contributed by atoms with E-state index < -0.39 is 17.9 Å². The molecule has 5 rings (SSSR count). The second-order valence-corrected chi connectivity index (χ2v) is 14.5. The first-order valence-electron chi connectivity index (χ1n) is 16.7. The lowest BCUT2D eigenvalue weighted by atomic mass is 9.99. The zero-order valence-corrected chi connectivity index (χ0v) is 33.7.